The Morgan fingerprint density at radius 2 is 1.32 bits per heavy atom. The van der Waals surface area contributed by atoms with Crippen molar-refractivity contribution in [1.82, 2.24) is 10.2 Å². The van der Waals surface area contributed by atoms with E-state index in [2.05, 4.69) is 90.2 Å². The summed E-state index contributed by atoms with van der Waals surface area (Å²) in [6, 6.07) is 45.8. The van der Waals surface area contributed by atoms with E-state index >= 15 is 0 Å². The zero-order chi connectivity index (χ0) is 30.4. The monoisotopic (exact) mass is 580 g/mol. The van der Waals surface area contributed by atoms with Crippen LogP contribution in [0.15, 0.2) is 140 Å². The molecule has 0 unspecified atom stereocenters. The van der Waals surface area contributed by atoms with Gasteiger partial charge in [0.05, 0.1) is 7.11 Å². The molecule has 222 valence electrons. The van der Waals surface area contributed by atoms with Crippen molar-refractivity contribution in [2.75, 3.05) is 20.2 Å². The normalized spacial score (nSPS) is 11.0. The Kier molecular flexibility index (Phi) is 11.1. The fourth-order valence-electron chi connectivity index (χ4n) is 5.14. The minimum absolute atomic E-state index is 0.00575. The maximum Gasteiger partial charge on any atom is 0.246 e. The van der Waals surface area contributed by atoms with Crippen LogP contribution in [-0.2, 0) is 30.7 Å². The van der Waals surface area contributed by atoms with E-state index in [0.29, 0.717) is 13.1 Å². The maximum absolute atomic E-state index is 13.4. The van der Waals surface area contributed by atoms with Crippen LogP contribution >= 0.6 is 0 Å². The molecule has 5 aromatic carbocycles. The molecule has 44 heavy (non-hydrogen) atoms. The number of nitrogens with zero attached hydrogens (tertiary/aromatic N) is 1. The van der Waals surface area contributed by atoms with Gasteiger partial charge in [0.25, 0.3) is 0 Å². The first-order valence-electron chi connectivity index (χ1n) is 15.2. The Labute approximate surface area is 261 Å². The maximum atomic E-state index is 13.4. The number of methoxy groups -OCH3 is 1. The van der Waals surface area contributed by atoms with Crippen LogP contribution in [0, 0.1) is 0 Å². The summed E-state index contributed by atoms with van der Waals surface area (Å²) >= 11 is 0. The SMILES string of the molecule is COc1cccc(CCN(Cc2ccc(-c3ccc(CNCCc4ccccc4)cc3)cc2)C(=O)/C=C/c2ccccc2)c1. The van der Waals surface area contributed by atoms with Gasteiger partial charge in [0.15, 0.2) is 0 Å². The first-order valence-corrected chi connectivity index (χ1v) is 15.2. The molecule has 0 saturated heterocycles. The highest BCUT2D eigenvalue weighted by molar-refractivity contribution is 5.91. The number of hydrogen-bond donors (Lipinski definition) is 1. The Hall–Kier alpha value is -4.93. The van der Waals surface area contributed by atoms with Crippen LogP contribution in [0.25, 0.3) is 17.2 Å². The van der Waals surface area contributed by atoms with Gasteiger partial charge < -0.3 is 15.0 Å². The van der Waals surface area contributed by atoms with Crippen LogP contribution < -0.4 is 10.1 Å². The fraction of sp³-hybridized carbons (Fsp3) is 0.175. The summed E-state index contributed by atoms with van der Waals surface area (Å²) in [7, 11) is 1.67. The van der Waals surface area contributed by atoms with E-state index in [1.165, 1.54) is 16.7 Å². The smallest absolute Gasteiger partial charge is 0.246 e. The second-order valence-electron chi connectivity index (χ2n) is 10.9. The van der Waals surface area contributed by atoms with E-state index in [1.54, 1.807) is 13.2 Å². The molecular weight excluding hydrogens is 540 g/mol. The van der Waals surface area contributed by atoms with Crippen molar-refractivity contribution in [3.63, 3.8) is 0 Å². The van der Waals surface area contributed by atoms with Gasteiger partial charge in [-0.2, -0.15) is 0 Å². The van der Waals surface area contributed by atoms with Gasteiger partial charge in [0, 0.05) is 25.7 Å². The molecule has 5 aromatic rings. The summed E-state index contributed by atoms with van der Waals surface area (Å²) in [6.07, 6.45) is 5.33. The molecule has 1 N–H and O–H groups in total. The lowest BCUT2D eigenvalue weighted by Gasteiger charge is -2.22. The number of benzene rings is 5. The lowest BCUT2D eigenvalue weighted by molar-refractivity contribution is -0.126. The van der Waals surface area contributed by atoms with Gasteiger partial charge in [-0.25, -0.2) is 0 Å². The third-order valence-corrected chi connectivity index (χ3v) is 7.71. The largest absolute Gasteiger partial charge is 0.497 e. The van der Waals surface area contributed by atoms with Gasteiger partial charge in [-0.05, 0) is 76.5 Å². The van der Waals surface area contributed by atoms with Gasteiger partial charge >= 0.3 is 0 Å². The molecule has 0 fully saturated rings. The first-order chi connectivity index (χ1) is 21.7. The number of hydrogen-bond acceptors (Lipinski definition) is 3. The molecule has 0 radical (unpaired) electrons. The molecule has 5 rings (SSSR count). The summed E-state index contributed by atoms with van der Waals surface area (Å²) in [5.41, 5.74) is 8.21. The van der Waals surface area contributed by atoms with Gasteiger partial charge in [-0.15, -0.1) is 0 Å². The second kappa shape index (κ2) is 16.1. The molecule has 4 heteroatoms. The predicted molar refractivity (Wildman–Crippen MR) is 181 cm³/mol. The number of rotatable bonds is 14. The molecule has 0 aliphatic heterocycles. The number of carbonyl (C=O) groups excluding carboxylic acids is 1. The topological polar surface area (TPSA) is 41.6 Å². The van der Waals surface area contributed by atoms with Crippen molar-refractivity contribution in [3.8, 4) is 16.9 Å². The molecule has 0 bridgehead atoms. The summed E-state index contributed by atoms with van der Waals surface area (Å²) in [5, 5.41) is 3.55. The standard InChI is InChI=1S/C40H40N2O2/c1-44-39-14-8-13-34(29-39)26-28-42(40(43)24-19-32-9-4-2-5-10-32)31-36-17-22-38(23-18-36)37-20-15-35(16-21-37)30-41-27-25-33-11-6-3-7-12-33/h2-24,29,41H,25-28,30-31H2,1H3/b24-19+. The van der Waals surface area contributed by atoms with Crippen LogP contribution in [0.5, 0.6) is 5.75 Å². The summed E-state index contributed by atoms with van der Waals surface area (Å²) in [6.45, 7) is 2.95. The summed E-state index contributed by atoms with van der Waals surface area (Å²) in [4.78, 5) is 15.3. The van der Waals surface area contributed by atoms with Crippen molar-refractivity contribution in [2.45, 2.75) is 25.9 Å². The lowest BCUT2D eigenvalue weighted by atomic mass is 10.0. The third-order valence-electron chi connectivity index (χ3n) is 7.71. The highest BCUT2D eigenvalue weighted by atomic mass is 16.5. The average molecular weight is 581 g/mol. The number of ether oxygens (including phenoxy) is 1. The Balaban J connectivity index is 1.20. The van der Waals surface area contributed by atoms with Crippen LogP contribution in [0.4, 0.5) is 0 Å². The highest BCUT2D eigenvalue weighted by Crippen LogP contribution is 2.22. The molecule has 0 aliphatic carbocycles. The van der Waals surface area contributed by atoms with Gasteiger partial charge in [-0.1, -0.05) is 121 Å². The summed E-state index contributed by atoms with van der Waals surface area (Å²) in [5.74, 6) is 0.820. The summed E-state index contributed by atoms with van der Waals surface area (Å²) < 4.78 is 5.39. The van der Waals surface area contributed by atoms with Gasteiger partial charge in [0.1, 0.15) is 5.75 Å². The van der Waals surface area contributed by atoms with E-state index in [-0.39, 0.29) is 5.91 Å². The Morgan fingerprint density at radius 3 is 2.00 bits per heavy atom. The predicted octanol–water partition coefficient (Wildman–Crippen LogP) is 7.98. The molecule has 4 nitrogen and oxygen atoms in total. The van der Waals surface area contributed by atoms with Crippen LogP contribution in [0.3, 0.4) is 0 Å². The second-order valence-corrected chi connectivity index (χ2v) is 10.9. The molecule has 0 atom stereocenters. The Bertz CT molecular complexity index is 1610. The quantitative estimate of drug-likeness (QED) is 0.107. The van der Waals surface area contributed by atoms with Gasteiger partial charge in [0.2, 0.25) is 5.91 Å². The third kappa shape index (κ3) is 9.29. The van der Waals surface area contributed by atoms with E-state index in [1.807, 2.05) is 59.5 Å². The van der Waals surface area contributed by atoms with Crippen LogP contribution in [0.1, 0.15) is 27.8 Å². The van der Waals surface area contributed by atoms with E-state index in [4.69, 9.17) is 4.74 Å². The first kappa shape index (κ1) is 30.5. The Morgan fingerprint density at radius 1 is 0.682 bits per heavy atom. The molecule has 1 amide bonds. The highest BCUT2D eigenvalue weighted by Gasteiger charge is 2.13. The molecule has 0 aromatic heterocycles. The molecule has 0 saturated carbocycles. The molecule has 0 aliphatic rings. The van der Waals surface area contributed by atoms with Crippen molar-refractivity contribution in [2.24, 2.45) is 0 Å². The average Bonchev–Trinajstić information content (AvgIpc) is 3.09. The number of amides is 1. The molecule has 0 heterocycles. The zero-order valence-electron chi connectivity index (χ0n) is 25.4. The fourth-order valence-corrected chi connectivity index (χ4v) is 5.14. The number of carbonyl (C=O) groups is 1. The molecule has 0 spiro atoms. The van der Waals surface area contributed by atoms with Crippen molar-refractivity contribution in [3.05, 3.63) is 167 Å². The minimum atomic E-state index is -0.00575. The lowest BCUT2D eigenvalue weighted by Crippen LogP contribution is -2.31. The zero-order valence-corrected chi connectivity index (χ0v) is 25.4. The number of nitrogens with one attached hydrogen (secondary N) is 1. The van der Waals surface area contributed by atoms with Gasteiger partial charge in [-0.3, -0.25) is 4.79 Å². The van der Waals surface area contributed by atoms with Crippen LogP contribution in [-0.4, -0.2) is 31.0 Å². The van der Waals surface area contributed by atoms with E-state index in [9.17, 15) is 4.79 Å². The van der Waals surface area contributed by atoms with E-state index in [0.717, 1.165) is 53.9 Å². The van der Waals surface area contributed by atoms with Crippen molar-refractivity contribution >= 4 is 12.0 Å². The van der Waals surface area contributed by atoms with E-state index < -0.39 is 0 Å². The van der Waals surface area contributed by atoms with Crippen LogP contribution in [0.2, 0.25) is 0 Å². The van der Waals surface area contributed by atoms with Crippen molar-refractivity contribution in [1.29, 1.82) is 0 Å². The van der Waals surface area contributed by atoms with Crippen molar-refractivity contribution < 1.29 is 9.53 Å². The minimum Gasteiger partial charge on any atom is -0.497 e. The molecular formula is C40H40N2O2.